The van der Waals surface area contributed by atoms with E-state index < -0.39 is 11.6 Å². The van der Waals surface area contributed by atoms with Crippen LogP contribution >= 0.6 is 0 Å². The number of fused-ring (bicyclic) bond motifs is 2. The normalized spacial score (nSPS) is 14.9. The van der Waals surface area contributed by atoms with E-state index in [9.17, 15) is 8.78 Å². The Morgan fingerprint density at radius 3 is 2.63 bits per heavy atom. The zero-order valence-electron chi connectivity index (χ0n) is 16.0. The number of anilines is 2. The molecule has 0 saturated carbocycles. The lowest BCUT2D eigenvalue weighted by atomic mass is 10.1. The van der Waals surface area contributed by atoms with E-state index in [1.807, 2.05) is 48.5 Å². The SMILES string of the molecule is Fc1cc(F)cc(CNc2cccc3nc(NC4COc5ccccc54)ccc23)c1. The summed E-state index contributed by atoms with van der Waals surface area (Å²) < 4.78 is 32.6. The zero-order chi connectivity index (χ0) is 20.5. The highest BCUT2D eigenvalue weighted by Crippen LogP contribution is 2.34. The van der Waals surface area contributed by atoms with Gasteiger partial charge >= 0.3 is 0 Å². The van der Waals surface area contributed by atoms with E-state index in [0.29, 0.717) is 18.7 Å². The number of rotatable bonds is 5. The highest BCUT2D eigenvalue weighted by Gasteiger charge is 2.23. The molecule has 2 N–H and O–H groups in total. The van der Waals surface area contributed by atoms with Gasteiger partial charge in [-0.2, -0.15) is 0 Å². The van der Waals surface area contributed by atoms with E-state index in [0.717, 1.165) is 39.8 Å². The maximum absolute atomic E-state index is 13.4. The molecule has 30 heavy (non-hydrogen) atoms. The summed E-state index contributed by atoms with van der Waals surface area (Å²) in [5, 5.41) is 7.62. The van der Waals surface area contributed by atoms with Gasteiger partial charge in [0.05, 0.1) is 11.6 Å². The smallest absolute Gasteiger partial charge is 0.127 e. The molecule has 2 heterocycles. The molecule has 0 spiro atoms. The summed E-state index contributed by atoms with van der Waals surface area (Å²) in [4.78, 5) is 4.73. The Kier molecular flexibility index (Phi) is 4.67. The first-order chi connectivity index (χ1) is 14.7. The first kappa shape index (κ1) is 18.4. The van der Waals surface area contributed by atoms with Gasteiger partial charge in [0.15, 0.2) is 0 Å². The lowest BCUT2D eigenvalue weighted by molar-refractivity contribution is 0.339. The average Bonchev–Trinajstić information content (AvgIpc) is 3.14. The van der Waals surface area contributed by atoms with Gasteiger partial charge in [-0.1, -0.05) is 24.3 Å². The molecule has 0 radical (unpaired) electrons. The van der Waals surface area contributed by atoms with Crippen molar-refractivity contribution in [3.05, 3.63) is 95.6 Å². The van der Waals surface area contributed by atoms with Crippen LogP contribution in [0.25, 0.3) is 10.9 Å². The zero-order valence-corrected chi connectivity index (χ0v) is 16.0. The summed E-state index contributed by atoms with van der Waals surface area (Å²) in [5.74, 6) is 0.493. The Bertz CT molecular complexity index is 1210. The van der Waals surface area contributed by atoms with Crippen LogP contribution in [0.5, 0.6) is 5.75 Å². The average molecular weight is 403 g/mol. The number of benzene rings is 3. The Labute approximate surface area is 172 Å². The van der Waals surface area contributed by atoms with E-state index in [1.54, 1.807) is 0 Å². The van der Waals surface area contributed by atoms with Crippen LogP contribution in [-0.2, 0) is 6.54 Å². The standard InChI is InChI=1S/C24H19F2N3O/c25-16-10-15(11-17(26)12-16)13-27-20-5-3-6-21-18(20)8-9-24(28-21)29-22-14-30-23-7-2-1-4-19(22)23/h1-12,22,27H,13-14H2,(H,28,29). The number of ether oxygens (including phenoxy) is 1. The number of para-hydroxylation sites is 1. The van der Waals surface area contributed by atoms with E-state index in [1.165, 1.54) is 12.1 Å². The third-order valence-corrected chi connectivity index (χ3v) is 5.16. The number of nitrogens with zero attached hydrogens (tertiary/aromatic N) is 1. The monoisotopic (exact) mass is 403 g/mol. The molecule has 1 aromatic heterocycles. The Balaban J connectivity index is 1.36. The molecule has 1 aliphatic heterocycles. The van der Waals surface area contributed by atoms with Crippen LogP contribution in [0.15, 0.2) is 72.8 Å². The third kappa shape index (κ3) is 3.64. The molecule has 1 atom stereocenters. The third-order valence-electron chi connectivity index (χ3n) is 5.16. The summed E-state index contributed by atoms with van der Waals surface area (Å²) in [6.07, 6.45) is 0. The Morgan fingerprint density at radius 1 is 0.933 bits per heavy atom. The second-order valence-electron chi connectivity index (χ2n) is 7.25. The number of nitrogens with one attached hydrogen (secondary N) is 2. The fraction of sp³-hybridized carbons (Fsp3) is 0.125. The highest BCUT2D eigenvalue weighted by atomic mass is 19.1. The van der Waals surface area contributed by atoms with Crippen LogP contribution in [0.3, 0.4) is 0 Å². The maximum Gasteiger partial charge on any atom is 0.127 e. The van der Waals surface area contributed by atoms with Gasteiger partial charge in [0, 0.05) is 29.2 Å². The number of halogens is 2. The summed E-state index contributed by atoms with van der Waals surface area (Å²) in [6.45, 7) is 0.870. The van der Waals surface area contributed by atoms with Crippen molar-refractivity contribution < 1.29 is 13.5 Å². The molecule has 0 fully saturated rings. The number of hydrogen-bond donors (Lipinski definition) is 2. The topological polar surface area (TPSA) is 46.2 Å². The predicted octanol–water partition coefficient (Wildman–Crippen LogP) is 5.67. The van der Waals surface area contributed by atoms with Gasteiger partial charge in [-0.3, -0.25) is 0 Å². The van der Waals surface area contributed by atoms with Gasteiger partial charge in [0.2, 0.25) is 0 Å². The van der Waals surface area contributed by atoms with Gasteiger partial charge in [0.1, 0.15) is 29.8 Å². The van der Waals surface area contributed by atoms with Crippen LogP contribution in [0.4, 0.5) is 20.3 Å². The van der Waals surface area contributed by atoms with Gasteiger partial charge in [-0.25, -0.2) is 13.8 Å². The molecule has 6 heteroatoms. The molecule has 5 rings (SSSR count). The largest absolute Gasteiger partial charge is 0.491 e. The Morgan fingerprint density at radius 2 is 1.77 bits per heavy atom. The minimum atomic E-state index is -0.584. The van der Waals surface area contributed by atoms with Crippen LogP contribution in [0.2, 0.25) is 0 Å². The molecule has 0 aliphatic carbocycles. The first-order valence-corrected chi connectivity index (χ1v) is 9.72. The predicted molar refractivity (Wildman–Crippen MR) is 114 cm³/mol. The van der Waals surface area contributed by atoms with Gasteiger partial charge in [-0.05, 0) is 48.0 Å². The second kappa shape index (κ2) is 7.63. The van der Waals surface area contributed by atoms with Crippen molar-refractivity contribution in [2.24, 2.45) is 0 Å². The van der Waals surface area contributed by atoms with Crippen molar-refractivity contribution >= 4 is 22.4 Å². The van der Waals surface area contributed by atoms with Crippen LogP contribution in [0.1, 0.15) is 17.2 Å². The summed E-state index contributed by atoms with van der Waals surface area (Å²) in [5.41, 5.74) is 3.33. The van der Waals surface area contributed by atoms with Crippen molar-refractivity contribution in [3.63, 3.8) is 0 Å². The van der Waals surface area contributed by atoms with Crippen molar-refractivity contribution in [2.45, 2.75) is 12.6 Å². The van der Waals surface area contributed by atoms with Crippen LogP contribution < -0.4 is 15.4 Å². The molecular formula is C24H19F2N3O. The lowest BCUT2D eigenvalue weighted by Gasteiger charge is -2.14. The number of aromatic nitrogens is 1. The van der Waals surface area contributed by atoms with Gasteiger partial charge < -0.3 is 15.4 Å². The molecular weight excluding hydrogens is 384 g/mol. The molecule has 3 aromatic carbocycles. The summed E-state index contributed by atoms with van der Waals surface area (Å²) in [7, 11) is 0. The molecule has 150 valence electrons. The van der Waals surface area contributed by atoms with E-state index >= 15 is 0 Å². The fourth-order valence-electron chi connectivity index (χ4n) is 3.76. The van der Waals surface area contributed by atoms with Crippen molar-refractivity contribution in [1.29, 1.82) is 0 Å². The van der Waals surface area contributed by atoms with E-state index in [4.69, 9.17) is 9.72 Å². The van der Waals surface area contributed by atoms with Crippen molar-refractivity contribution in [2.75, 3.05) is 17.2 Å². The van der Waals surface area contributed by atoms with E-state index in [-0.39, 0.29) is 6.04 Å². The summed E-state index contributed by atoms with van der Waals surface area (Å²) >= 11 is 0. The number of pyridine rings is 1. The second-order valence-corrected chi connectivity index (χ2v) is 7.25. The molecule has 4 aromatic rings. The minimum absolute atomic E-state index is 0.0512. The lowest BCUT2D eigenvalue weighted by Crippen LogP contribution is -2.12. The molecule has 0 amide bonds. The quantitative estimate of drug-likeness (QED) is 0.451. The van der Waals surface area contributed by atoms with Crippen molar-refractivity contribution in [1.82, 2.24) is 4.98 Å². The first-order valence-electron chi connectivity index (χ1n) is 9.72. The highest BCUT2D eigenvalue weighted by molar-refractivity contribution is 5.92. The molecule has 1 aliphatic rings. The number of hydrogen-bond acceptors (Lipinski definition) is 4. The van der Waals surface area contributed by atoms with Gasteiger partial charge in [0.25, 0.3) is 0 Å². The van der Waals surface area contributed by atoms with Crippen molar-refractivity contribution in [3.8, 4) is 5.75 Å². The molecule has 1 unspecified atom stereocenters. The minimum Gasteiger partial charge on any atom is -0.491 e. The molecule has 4 nitrogen and oxygen atoms in total. The maximum atomic E-state index is 13.4. The van der Waals surface area contributed by atoms with E-state index in [2.05, 4.69) is 16.7 Å². The molecule has 0 bridgehead atoms. The van der Waals surface area contributed by atoms with Crippen LogP contribution in [-0.4, -0.2) is 11.6 Å². The van der Waals surface area contributed by atoms with Crippen LogP contribution in [0, 0.1) is 11.6 Å². The Hall–Kier alpha value is -3.67. The van der Waals surface area contributed by atoms with Gasteiger partial charge in [-0.15, -0.1) is 0 Å². The summed E-state index contributed by atoms with van der Waals surface area (Å²) in [6, 6.07) is 21.2. The molecule has 0 saturated heterocycles. The fourth-order valence-corrected chi connectivity index (χ4v) is 3.76.